The van der Waals surface area contributed by atoms with Crippen LogP contribution in [0.4, 0.5) is 0 Å². The zero-order valence-corrected chi connectivity index (χ0v) is 73.9. The Morgan fingerprint density at radius 3 is 0.730 bits per heavy atom. The molecule has 0 aliphatic carbocycles. The van der Waals surface area contributed by atoms with Gasteiger partial charge in [-0.25, -0.2) is 9.13 Å². The predicted octanol–water partition coefficient (Wildman–Crippen LogP) is 27.7. The number of aliphatic hydroxyl groups is 2. The van der Waals surface area contributed by atoms with Crippen molar-refractivity contribution in [1.82, 2.24) is 0 Å². The van der Waals surface area contributed by atoms with Gasteiger partial charge >= 0.3 is 33.6 Å². The van der Waals surface area contributed by atoms with E-state index in [-0.39, 0.29) is 19.3 Å². The highest BCUT2D eigenvalue weighted by molar-refractivity contribution is 7.47. The van der Waals surface area contributed by atoms with E-state index in [4.69, 9.17) is 32.3 Å². The van der Waals surface area contributed by atoms with E-state index in [1.165, 1.54) is 122 Å². The summed E-state index contributed by atoms with van der Waals surface area (Å²) in [6.07, 6.45) is 115. The smallest absolute Gasteiger partial charge is 0.463 e. The van der Waals surface area contributed by atoms with Gasteiger partial charge in [-0.3, -0.25) is 32.5 Å². The Morgan fingerprint density at radius 1 is 0.252 bits per heavy atom. The lowest BCUT2D eigenvalue weighted by Gasteiger charge is -2.21. The van der Waals surface area contributed by atoms with Gasteiger partial charge in [0, 0.05) is 19.3 Å². The van der Waals surface area contributed by atoms with Crippen molar-refractivity contribution in [3.63, 3.8) is 0 Å². The number of carbonyl (C=O) groups excluding carboxylic acids is 3. The molecule has 656 valence electrons. The van der Waals surface area contributed by atoms with E-state index in [2.05, 4.69) is 203 Å². The van der Waals surface area contributed by atoms with Crippen molar-refractivity contribution in [2.75, 3.05) is 39.6 Å². The summed E-state index contributed by atoms with van der Waals surface area (Å²) in [6, 6.07) is 0. The number of hydrogen-bond donors (Lipinski definition) is 4. The zero-order chi connectivity index (χ0) is 83.6. The number of unbranched alkanes of at least 4 members (excludes halogenated alkanes) is 31. The van der Waals surface area contributed by atoms with Crippen molar-refractivity contribution in [2.24, 2.45) is 0 Å². The SMILES string of the molecule is CC/C=C\C/C=C\C/C=C\C/C=C\C/C=C\C/C=C\CCCCCCC(=O)OC(COC(=O)CCCCCCCCCCCCC/C=C\C/C=C\C/C=C\C/C=C\C/C=C\CC)COP(=O)(O)OCC(O)COP(=O)(O)OCC(O)COC(=O)CCCCCCCCCCCCCCC/C=C\C/C=C\C/C=C\C/C=C\CCCCC. The van der Waals surface area contributed by atoms with Gasteiger partial charge in [0.25, 0.3) is 0 Å². The summed E-state index contributed by atoms with van der Waals surface area (Å²) in [4.78, 5) is 59.0. The maximum Gasteiger partial charge on any atom is 0.472 e. The van der Waals surface area contributed by atoms with Crippen LogP contribution in [0, 0.1) is 0 Å². The van der Waals surface area contributed by atoms with Gasteiger partial charge in [0.2, 0.25) is 0 Å². The molecular formula is C97H162O16P2. The molecule has 0 radical (unpaired) electrons. The Morgan fingerprint density at radius 2 is 0.461 bits per heavy atom. The number of carbonyl (C=O) groups is 3. The Kier molecular flexibility index (Phi) is 83.9. The van der Waals surface area contributed by atoms with Crippen molar-refractivity contribution >= 4 is 33.6 Å². The lowest BCUT2D eigenvalue weighted by molar-refractivity contribution is -0.161. The molecule has 0 aliphatic rings. The molecule has 0 bridgehead atoms. The highest BCUT2D eigenvalue weighted by atomic mass is 31.2. The molecule has 5 atom stereocenters. The average Bonchev–Trinajstić information content (AvgIpc) is 0.898. The summed E-state index contributed by atoms with van der Waals surface area (Å²) < 4.78 is 61.4. The first-order valence-corrected chi connectivity index (χ1v) is 48.1. The minimum Gasteiger partial charge on any atom is -0.463 e. The highest BCUT2D eigenvalue weighted by Gasteiger charge is 2.29. The van der Waals surface area contributed by atoms with Crippen LogP contribution in [0.5, 0.6) is 0 Å². The summed E-state index contributed by atoms with van der Waals surface area (Å²) in [5, 5.41) is 20.7. The molecule has 16 nitrogen and oxygen atoms in total. The molecule has 0 heterocycles. The maximum absolute atomic E-state index is 13.1. The molecule has 0 rings (SSSR count). The second-order valence-corrected chi connectivity index (χ2v) is 32.5. The molecule has 0 saturated carbocycles. The third-order valence-electron chi connectivity index (χ3n) is 18.6. The van der Waals surface area contributed by atoms with E-state index < -0.39 is 91.5 Å². The molecular weight excluding hydrogens is 1480 g/mol. The van der Waals surface area contributed by atoms with Gasteiger partial charge in [-0.1, -0.05) is 357 Å². The topological polar surface area (TPSA) is 231 Å². The van der Waals surface area contributed by atoms with Crippen LogP contribution in [0.3, 0.4) is 0 Å². The van der Waals surface area contributed by atoms with Crippen LogP contribution in [-0.4, -0.2) is 95.9 Å². The molecule has 0 saturated heterocycles. The zero-order valence-electron chi connectivity index (χ0n) is 72.1. The van der Waals surface area contributed by atoms with Crippen LogP contribution in [0.1, 0.15) is 355 Å². The molecule has 0 amide bonds. The van der Waals surface area contributed by atoms with E-state index in [0.717, 1.165) is 173 Å². The molecule has 0 fully saturated rings. The Bertz CT molecular complexity index is 2820. The number of phosphoric ester groups is 2. The van der Waals surface area contributed by atoms with Crippen LogP contribution in [-0.2, 0) is 55.8 Å². The number of phosphoric acid groups is 2. The molecule has 4 N–H and O–H groups in total. The van der Waals surface area contributed by atoms with Crippen molar-refractivity contribution in [1.29, 1.82) is 0 Å². The second-order valence-electron chi connectivity index (χ2n) is 29.6. The first kappa shape index (κ1) is 110. The van der Waals surface area contributed by atoms with Crippen LogP contribution in [0.25, 0.3) is 0 Å². The van der Waals surface area contributed by atoms with Gasteiger partial charge in [0.15, 0.2) is 6.10 Å². The van der Waals surface area contributed by atoms with Crippen molar-refractivity contribution < 1.29 is 75.8 Å². The minimum absolute atomic E-state index is 0.0678. The van der Waals surface area contributed by atoms with Crippen molar-refractivity contribution in [3.8, 4) is 0 Å². The number of allylic oxidation sites excluding steroid dienone is 30. The first-order valence-electron chi connectivity index (χ1n) is 45.1. The molecule has 0 aromatic carbocycles. The van der Waals surface area contributed by atoms with Crippen molar-refractivity contribution in [2.45, 2.75) is 373 Å². The average molecular weight is 1650 g/mol. The van der Waals surface area contributed by atoms with Gasteiger partial charge in [-0.05, 0) is 161 Å². The minimum atomic E-state index is -4.95. The lowest BCUT2D eigenvalue weighted by atomic mass is 10.0. The van der Waals surface area contributed by atoms with E-state index in [9.17, 15) is 43.5 Å². The molecule has 18 heteroatoms. The van der Waals surface area contributed by atoms with Crippen LogP contribution in [0.15, 0.2) is 182 Å². The Hall–Kier alpha value is -5.35. The van der Waals surface area contributed by atoms with Crippen LogP contribution < -0.4 is 0 Å². The summed E-state index contributed by atoms with van der Waals surface area (Å²) in [5.74, 6) is -1.61. The number of esters is 3. The fourth-order valence-electron chi connectivity index (χ4n) is 11.8. The van der Waals surface area contributed by atoms with Gasteiger partial charge in [-0.2, -0.15) is 0 Å². The van der Waals surface area contributed by atoms with Gasteiger partial charge in [0.1, 0.15) is 25.4 Å². The molecule has 115 heavy (non-hydrogen) atoms. The lowest BCUT2D eigenvalue weighted by Crippen LogP contribution is -2.30. The first-order chi connectivity index (χ1) is 56.2. The number of hydrogen-bond acceptors (Lipinski definition) is 14. The van der Waals surface area contributed by atoms with Crippen molar-refractivity contribution in [3.05, 3.63) is 182 Å². The monoisotopic (exact) mass is 1650 g/mol. The number of ether oxygens (including phenoxy) is 3. The Labute approximate surface area is 700 Å². The van der Waals surface area contributed by atoms with E-state index in [1.54, 1.807) is 0 Å². The molecule has 0 aliphatic heterocycles. The van der Waals surface area contributed by atoms with Gasteiger partial charge in [0.05, 0.1) is 26.4 Å². The van der Waals surface area contributed by atoms with Crippen LogP contribution in [0.2, 0.25) is 0 Å². The van der Waals surface area contributed by atoms with E-state index in [1.807, 2.05) is 0 Å². The summed E-state index contributed by atoms with van der Waals surface area (Å²) in [5.41, 5.74) is 0. The number of rotatable bonds is 84. The Balaban J connectivity index is 4.67. The normalized spacial score (nSPS) is 14.7. The number of aliphatic hydroxyl groups excluding tert-OH is 2. The highest BCUT2D eigenvalue weighted by Crippen LogP contribution is 2.45. The molecule has 0 spiro atoms. The predicted molar refractivity (Wildman–Crippen MR) is 481 cm³/mol. The maximum atomic E-state index is 13.1. The van der Waals surface area contributed by atoms with Crippen LogP contribution >= 0.6 is 15.6 Å². The summed E-state index contributed by atoms with van der Waals surface area (Å²) in [6.45, 7) is 2.42. The fraction of sp³-hybridized carbons (Fsp3) is 0.660. The van der Waals surface area contributed by atoms with E-state index >= 15 is 0 Å². The quantitative estimate of drug-likeness (QED) is 0.0146. The summed E-state index contributed by atoms with van der Waals surface area (Å²) in [7, 11) is -9.83. The third-order valence-corrected chi connectivity index (χ3v) is 20.5. The molecule has 0 aromatic rings. The largest absolute Gasteiger partial charge is 0.472 e. The summed E-state index contributed by atoms with van der Waals surface area (Å²) >= 11 is 0. The second kappa shape index (κ2) is 87.9. The van der Waals surface area contributed by atoms with E-state index in [0.29, 0.717) is 19.3 Å². The molecule has 0 aromatic heterocycles. The van der Waals surface area contributed by atoms with Gasteiger partial charge in [-0.15, -0.1) is 0 Å². The third kappa shape index (κ3) is 89.3. The standard InChI is InChI=1S/C97H162O16P2/c1-4-7-10-13-16-19-22-25-28-31-34-37-40-42-44-45-47-49-51-53-56-59-62-65-68-71-74-77-80-83-95(100)107-86-92(98)87-109-114(103,104)110-88-93(99)89-111-115(105,106)112-91-94(113-97(102)85-82-79-76-73-70-67-64-61-58-55-50-39-36-33-30-27-24-21-18-15-12-9-6-3)90-108-96(101)84-81-78-75-72-69-66-63-60-57-54-52-48-46-43-41-38-35-32-29-26-23-20-17-14-11-8-5-2/h8-9,11-12,16-21,25-30,34-39,42-44,46,55,58,64,67,92-94,98-99H,4-7,10,13-15,22-24,31-33,40-41,45,47-54,56-57,59-63,65-66,68-91H2,1-3H3,(H,103,104)(H,105,106)/b11-8-,12-9-,19-16-,20-17-,21-18-,28-25-,29-26-,30-27-,37-34-,38-35-,39-36-,44-42-,46-43-,58-55-,67-64-. The van der Waals surface area contributed by atoms with Gasteiger partial charge < -0.3 is 34.2 Å². The fourth-order valence-corrected chi connectivity index (χ4v) is 13.4. The molecule has 5 unspecified atom stereocenters.